The standard InChI is InChI=1S/C27H24F3N7O3/c1-14-22(13-37-21-8-17(28)7-20(30)25(21)40-15(2)26(37)39)36-12-18(19(29)9-23(36)34-14)16-10-32-27(33-11-16)35-5-3-24(38)31-4-6-35/h7-12,15H,3-6,13H2,1-2H3,(H,31,38)/t15-/m1/s1. The van der Waals surface area contributed by atoms with Gasteiger partial charge < -0.3 is 19.4 Å². The van der Waals surface area contributed by atoms with Crippen LogP contribution in [0.2, 0.25) is 0 Å². The fraction of sp³-hybridized carbons (Fsp3) is 0.296. The second-order valence-electron chi connectivity index (χ2n) is 9.69. The summed E-state index contributed by atoms with van der Waals surface area (Å²) in [6, 6.07) is 3.01. The molecule has 4 aromatic rings. The van der Waals surface area contributed by atoms with E-state index in [1.54, 1.807) is 11.3 Å². The first-order valence-corrected chi connectivity index (χ1v) is 12.7. The molecule has 0 bridgehead atoms. The normalized spacial score (nSPS) is 17.5. The van der Waals surface area contributed by atoms with Crippen molar-refractivity contribution in [3.8, 4) is 16.9 Å². The minimum absolute atomic E-state index is 0.0343. The van der Waals surface area contributed by atoms with Crippen LogP contribution in [0.15, 0.2) is 36.8 Å². The van der Waals surface area contributed by atoms with E-state index in [-0.39, 0.29) is 29.5 Å². The fourth-order valence-electron chi connectivity index (χ4n) is 4.97. The molecule has 1 fully saturated rings. The number of aromatic nitrogens is 4. The zero-order valence-electron chi connectivity index (χ0n) is 21.6. The van der Waals surface area contributed by atoms with Gasteiger partial charge in [0.25, 0.3) is 5.91 Å². The number of pyridine rings is 1. The first-order valence-electron chi connectivity index (χ1n) is 12.7. The van der Waals surface area contributed by atoms with E-state index in [0.29, 0.717) is 60.7 Å². The predicted octanol–water partition coefficient (Wildman–Crippen LogP) is 3.16. The Kier molecular flexibility index (Phi) is 6.28. The summed E-state index contributed by atoms with van der Waals surface area (Å²) in [5.41, 5.74) is 1.91. The number of ether oxygens (including phenoxy) is 1. The molecule has 1 atom stereocenters. The lowest BCUT2D eigenvalue weighted by Crippen LogP contribution is -2.44. The zero-order valence-corrected chi connectivity index (χ0v) is 21.6. The molecule has 2 aliphatic rings. The summed E-state index contributed by atoms with van der Waals surface area (Å²) in [5, 5.41) is 2.80. The van der Waals surface area contributed by atoms with Crippen LogP contribution >= 0.6 is 0 Å². The van der Waals surface area contributed by atoms with E-state index in [0.717, 1.165) is 6.07 Å². The number of aryl methyl sites for hydroxylation is 1. The Morgan fingerprint density at radius 3 is 2.62 bits per heavy atom. The minimum atomic E-state index is -0.992. The number of halogens is 3. The number of fused-ring (bicyclic) bond motifs is 2. The highest BCUT2D eigenvalue weighted by Crippen LogP contribution is 2.38. The molecule has 0 radical (unpaired) electrons. The lowest BCUT2D eigenvalue weighted by Gasteiger charge is -2.33. The maximum absolute atomic E-state index is 15.2. The Bertz CT molecular complexity index is 1660. The van der Waals surface area contributed by atoms with Gasteiger partial charge in [0.2, 0.25) is 11.9 Å². The molecular weight excluding hydrogens is 527 g/mol. The Hall–Kier alpha value is -4.68. The molecule has 40 heavy (non-hydrogen) atoms. The summed E-state index contributed by atoms with van der Waals surface area (Å²) in [5.74, 6) is -2.61. The van der Waals surface area contributed by atoms with Crippen LogP contribution in [0.1, 0.15) is 24.7 Å². The van der Waals surface area contributed by atoms with Crippen molar-refractivity contribution < 1.29 is 27.5 Å². The van der Waals surface area contributed by atoms with E-state index in [1.165, 1.54) is 36.5 Å². The molecule has 13 heteroatoms. The Balaban J connectivity index is 1.36. The highest BCUT2D eigenvalue weighted by atomic mass is 19.1. The number of carbonyl (C=O) groups is 2. The van der Waals surface area contributed by atoms with E-state index in [2.05, 4.69) is 20.3 Å². The number of carbonyl (C=O) groups excluding carboxylic acids is 2. The summed E-state index contributed by atoms with van der Waals surface area (Å²) in [6.07, 6.45) is 3.88. The number of rotatable bonds is 4. The van der Waals surface area contributed by atoms with Crippen LogP contribution in [0.5, 0.6) is 5.75 Å². The van der Waals surface area contributed by atoms with Gasteiger partial charge in [-0.1, -0.05) is 0 Å². The van der Waals surface area contributed by atoms with Gasteiger partial charge in [-0.2, -0.15) is 0 Å². The molecule has 5 heterocycles. The topological polar surface area (TPSA) is 105 Å². The number of benzene rings is 1. The second-order valence-corrected chi connectivity index (χ2v) is 9.69. The third-order valence-corrected chi connectivity index (χ3v) is 7.05. The summed E-state index contributed by atoms with van der Waals surface area (Å²) >= 11 is 0. The van der Waals surface area contributed by atoms with Crippen molar-refractivity contribution in [3.05, 3.63) is 65.6 Å². The highest BCUT2D eigenvalue weighted by molar-refractivity contribution is 5.99. The Morgan fingerprint density at radius 1 is 1.07 bits per heavy atom. The number of imidazole rings is 1. The molecule has 2 amide bonds. The van der Waals surface area contributed by atoms with Gasteiger partial charge in [0, 0.05) is 74.0 Å². The minimum Gasteiger partial charge on any atom is -0.476 e. The van der Waals surface area contributed by atoms with E-state index < -0.39 is 29.5 Å². The molecule has 1 aromatic carbocycles. The smallest absolute Gasteiger partial charge is 0.268 e. The van der Waals surface area contributed by atoms with Gasteiger partial charge in [0.05, 0.1) is 23.6 Å². The van der Waals surface area contributed by atoms with Crippen molar-refractivity contribution in [3.63, 3.8) is 0 Å². The summed E-state index contributed by atoms with van der Waals surface area (Å²) in [6.45, 7) is 4.61. The summed E-state index contributed by atoms with van der Waals surface area (Å²) in [7, 11) is 0. The van der Waals surface area contributed by atoms with Crippen molar-refractivity contribution >= 4 is 29.1 Å². The summed E-state index contributed by atoms with van der Waals surface area (Å²) < 4.78 is 50.9. The van der Waals surface area contributed by atoms with Crippen LogP contribution in [-0.4, -0.2) is 56.9 Å². The van der Waals surface area contributed by atoms with Gasteiger partial charge in [-0.05, 0) is 13.8 Å². The number of amides is 2. The molecule has 1 N–H and O–H groups in total. The van der Waals surface area contributed by atoms with E-state index in [9.17, 15) is 18.4 Å². The monoisotopic (exact) mass is 551 g/mol. The van der Waals surface area contributed by atoms with Gasteiger partial charge >= 0.3 is 0 Å². The Labute approximate surface area is 226 Å². The predicted molar refractivity (Wildman–Crippen MR) is 138 cm³/mol. The highest BCUT2D eigenvalue weighted by Gasteiger charge is 2.35. The molecule has 3 aromatic heterocycles. The SMILES string of the molecule is Cc1nc2cc(F)c(-c3cnc(N4CCNC(=O)CC4)nc3)cn2c1CN1C(=O)[C@@H](C)Oc2c(F)cc(F)cc21. The van der Waals surface area contributed by atoms with Gasteiger partial charge in [-0.25, -0.2) is 28.1 Å². The van der Waals surface area contributed by atoms with Crippen molar-refractivity contribution in [2.75, 3.05) is 29.4 Å². The Morgan fingerprint density at radius 2 is 1.85 bits per heavy atom. The molecule has 1 saturated heterocycles. The first-order chi connectivity index (χ1) is 19.2. The van der Waals surface area contributed by atoms with Crippen LogP contribution in [-0.2, 0) is 16.1 Å². The molecule has 2 aliphatic heterocycles. The molecule has 0 unspecified atom stereocenters. The number of nitrogens with one attached hydrogen (secondary N) is 1. The number of nitrogens with zero attached hydrogens (tertiary/aromatic N) is 6. The van der Waals surface area contributed by atoms with Crippen molar-refractivity contribution in [1.29, 1.82) is 0 Å². The molecule has 0 spiro atoms. The average Bonchev–Trinajstić information content (AvgIpc) is 3.06. The third-order valence-electron chi connectivity index (χ3n) is 7.05. The average molecular weight is 552 g/mol. The van der Waals surface area contributed by atoms with Gasteiger partial charge in [0.15, 0.2) is 17.7 Å². The van der Waals surface area contributed by atoms with Crippen LogP contribution in [0.3, 0.4) is 0 Å². The van der Waals surface area contributed by atoms with Crippen molar-refractivity contribution in [2.45, 2.75) is 32.9 Å². The van der Waals surface area contributed by atoms with Gasteiger partial charge in [0.1, 0.15) is 17.3 Å². The van der Waals surface area contributed by atoms with Gasteiger partial charge in [-0.15, -0.1) is 0 Å². The number of anilines is 2. The maximum atomic E-state index is 15.2. The van der Waals surface area contributed by atoms with Gasteiger partial charge in [-0.3, -0.25) is 14.5 Å². The number of hydrogen-bond acceptors (Lipinski definition) is 7. The van der Waals surface area contributed by atoms with Crippen LogP contribution < -0.4 is 19.9 Å². The quantitative estimate of drug-likeness (QED) is 0.416. The zero-order chi connectivity index (χ0) is 28.1. The summed E-state index contributed by atoms with van der Waals surface area (Å²) in [4.78, 5) is 41.0. The maximum Gasteiger partial charge on any atom is 0.268 e. The van der Waals surface area contributed by atoms with Crippen LogP contribution in [0.4, 0.5) is 24.8 Å². The number of hydrogen-bond donors (Lipinski definition) is 1. The fourth-order valence-corrected chi connectivity index (χ4v) is 4.97. The molecule has 206 valence electrons. The molecule has 0 aliphatic carbocycles. The van der Waals surface area contributed by atoms with Crippen molar-refractivity contribution in [1.82, 2.24) is 24.7 Å². The van der Waals surface area contributed by atoms with Crippen LogP contribution in [0.25, 0.3) is 16.8 Å². The molecule has 10 nitrogen and oxygen atoms in total. The lowest BCUT2D eigenvalue weighted by atomic mass is 10.1. The van der Waals surface area contributed by atoms with E-state index in [1.807, 2.05) is 4.90 Å². The first kappa shape index (κ1) is 25.6. The van der Waals surface area contributed by atoms with Crippen molar-refractivity contribution in [2.24, 2.45) is 0 Å². The van der Waals surface area contributed by atoms with E-state index >= 15 is 4.39 Å². The van der Waals surface area contributed by atoms with E-state index in [4.69, 9.17) is 4.74 Å². The second kappa shape index (κ2) is 9.81. The third kappa shape index (κ3) is 4.46. The molecule has 6 rings (SSSR count). The molecule has 0 saturated carbocycles. The largest absolute Gasteiger partial charge is 0.476 e. The molecular formula is C27H24F3N7O3. The van der Waals surface area contributed by atoms with Crippen LogP contribution in [0, 0.1) is 24.4 Å². The lowest BCUT2D eigenvalue weighted by molar-refractivity contribution is -0.125.